The van der Waals surface area contributed by atoms with Gasteiger partial charge in [0.25, 0.3) is 0 Å². The van der Waals surface area contributed by atoms with Crippen LogP contribution >= 0.6 is 23.1 Å². The summed E-state index contributed by atoms with van der Waals surface area (Å²) in [5.74, 6) is 0.877. The number of hydrogen-bond donors (Lipinski definition) is 1. The number of carbonyl (C=O) groups is 1. The number of nitrogens with one attached hydrogen (secondary N) is 1. The maximum atomic E-state index is 12.3. The Kier molecular flexibility index (Phi) is 5.40. The number of hydrogen-bond acceptors (Lipinski definition) is 8. The lowest BCUT2D eigenvalue weighted by Crippen LogP contribution is -2.16. The molecule has 0 bridgehead atoms. The molecule has 1 aliphatic heterocycles. The number of ether oxygens (including phenoxy) is 1. The molecule has 3 aromatic rings. The highest BCUT2D eigenvalue weighted by atomic mass is 32.2. The number of thiazole rings is 1. The Labute approximate surface area is 165 Å². The SMILES string of the molecule is COc1cccc(NC(=O)CSc2ncnc3nc(N4CCCC4)sc23)c1. The predicted molar refractivity (Wildman–Crippen MR) is 109 cm³/mol. The number of carbonyl (C=O) groups excluding carboxylic acids is 1. The van der Waals surface area contributed by atoms with Crippen LogP contribution in [0.4, 0.5) is 10.8 Å². The first-order chi connectivity index (χ1) is 13.2. The maximum Gasteiger partial charge on any atom is 0.234 e. The van der Waals surface area contributed by atoms with E-state index in [4.69, 9.17) is 4.74 Å². The molecule has 4 rings (SSSR count). The van der Waals surface area contributed by atoms with Crippen molar-refractivity contribution in [1.82, 2.24) is 15.0 Å². The first kappa shape index (κ1) is 18.0. The molecule has 0 radical (unpaired) electrons. The maximum absolute atomic E-state index is 12.3. The summed E-state index contributed by atoms with van der Waals surface area (Å²) in [7, 11) is 1.60. The molecular formula is C18H19N5O2S2. The highest BCUT2D eigenvalue weighted by Crippen LogP contribution is 2.34. The minimum absolute atomic E-state index is 0.0932. The van der Waals surface area contributed by atoms with Gasteiger partial charge in [-0.1, -0.05) is 29.2 Å². The number of anilines is 2. The Bertz CT molecular complexity index is 956. The van der Waals surface area contributed by atoms with Crippen molar-refractivity contribution in [2.24, 2.45) is 0 Å². The van der Waals surface area contributed by atoms with Crippen molar-refractivity contribution in [2.75, 3.05) is 36.2 Å². The number of amides is 1. The first-order valence-electron chi connectivity index (χ1n) is 8.66. The third-order valence-electron chi connectivity index (χ3n) is 4.22. The van der Waals surface area contributed by atoms with Crippen LogP contribution in [0.5, 0.6) is 5.75 Å². The van der Waals surface area contributed by atoms with Crippen molar-refractivity contribution in [3.05, 3.63) is 30.6 Å². The smallest absolute Gasteiger partial charge is 0.234 e. The molecule has 27 heavy (non-hydrogen) atoms. The van der Waals surface area contributed by atoms with Crippen molar-refractivity contribution in [3.8, 4) is 5.75 Å². The van der Waals surface area contributed by atoms with E-state index in [1.807, 2.05) is 18.2 Å². The van der Waals surface area contributed by atoms with E-state index in [9.17, 15) is 4.79 Å². The number of nitrogens with zero attached hydrogens (tertiary/aromatic N) is 4. The van der Waals surface area contributed by atoms with Crippen molar-refractivity contribution in [2.45, 2.75) is 17.9 Å². The molecule has 0 saturated carbocycles. The molecule has 9 heteroatoms. The Morgan fingerprint density at radius 2 is 2.19 bits per heavy atom. The first-order valence-corrected chi connectivity index (χ1v) is 10.5. The fourth-order valence-corrected chi connectivity index (χ4v) is 4.84. The molecule has 1 amide bonds. The summed E-state index contributed by atoms with van der Waals surface area (Å²) in [6, 6.07) is 7.30. The Morgan fingerprint density at radius 3 is 3.00 bits per heavy atom. The fraction of sp³-hybridized carbons (Fsp3) is 0.333. The van der Waals surface area contributed by atoms with Crippen LogP contribution < -0.4 is 15.0 Å². The normalized spacial score (nSPS) is 13.9. The monoisotopic (exact) mass is 401 g/mol. The third-order valence-corrected chi connectivity index (χ3v) is 6.45. The van der Waals surface area contributed by atoms with Crippen LogP contribution in [0.25, 0.3) is 10.3 Å². The minimum Gasteiger partial charge on any atom is -0.497 e. The van der Waals surface area contributed by atoms with Gasteiger partial charge < -0.3 is 15.0 Å². The summed E-state index contributed by atoms with van der Waals surface area (Å²) in [4.78, 5) is 27.9. The lowest BCUT2D eigenvalue weighted by Gasteiger charge is -2.11. The van der Waals surface area contributed by atoms with Crippen LogP contribution in [0.3, 0.4) is 0 Å². The van der Waals surface area contributed by atoms with Gasteiger partial charge in [0.05, 0.1) is 12.9 Å². The second-order valence-corrected chi connectivity index (χ2v) is 8.03. The van der Waals surface area contributed by atoms with Crippen LogP contribution in [0.2, 0.25) is 0 Å². The van der Waals surface area contributed by atoms with Gasteiger partial charge in [-0.3, -0.25) is 4.79 Å². The molecule has 1 N–H and O–H groups in total. The molecule has 3 heterocycles. The lowest BCUT2D eigenvalue weighted by atomic mass is 10.3. The highest BCUT2D eigenvalue weighted by molar-refractivity contribution is 8.00. The molecule has 1 saturated heterocycles. The lowest BCUT2D eigenvalue weighted by molar-refractivity contribution is -0.113. The van der Waals surface area contributed by atoms with Gasteiger partial charge in [0.1, 0.15) is 21.8 Å². The Hall–Kier alpha value is -2.39. The van der Waals surface area contributed by atoms with E-state index >= 15 is 0 Å². The summed E-state index contributed by atoms with van der Waals surface area (Å²) in [6.07, 6.45) is 3.92. The van der Waals surface area contributed by atoms with E-state index < -0.39 is 0 Å². The van der Waals surface area contributed by atoms with Gasteiger partial charge >= 0.3 is 0 Å². The van der Waals surface area contributed by atoms with E-state index in [2.05, 4.69) is 25.2 Å². The van der Waals surface area contributed by atoms with E-state index in [1.165, 1.54) is 30.9 Å². The molecule has 0 atom stereocenters. The second-order valence-electron chi connectivity index (χ2n) is 6.09. The zero-order valence-corrected chi connectivity index (χ0v) is 16.5. The van der Waals surface area contributed by atoms with Crippen LogP contribution in [-0.2, 0) is 4.79 Å². The predicted octanol–water partition coefficient (Wildman–Crippen LogP) is 3.43. The molecule has 7 nitrogen and oxygen atoms in total. The molecule has 140 valence electrons. The summed E-state index contributed by atoms with van der Waals surface area (Å²) in [6.45, 7) is 2.08. The average molecular weight is 402 g/mol. The van der Waals surface area contributed by atoms with Gasteiger partial charge in [0, 0.05) is 24.8 Å². The third kappa shape index (κ3) is 4.14. The van der Waals surface area contributed by atoms with E-state index in [-0.39, 0.29) is 11.7 Å². The van der Waals surface area contributed by atoms with Crippen LogP contribution in [0.15, 0.2) is 35.6 Å². The number of rotatable bonds is 6. The number of thioether (sulfide) groups is 1. The Morgan fingerprint density at radius 1 is 1.33 bits per heavy atom. The molecule has 1 aliphatic rings. The van der Waals surface area contributed by atoms with Gasteiger partial charge in [-0.25, -0.2) is 9.97 Å². The van der Waals surface area contributed by atoms with Crippen LogP contribution in [0.1, 0.15) is 12.8 Å². The van der Waals surface area contributed by atoms with Crippen LogP contribution in [-0.4, -0.2) is 46.8 Å². The average Bonchev–Trinajstić information content (AvgIpc) is 3.36. The number of aromatic nitrogens is 3. The highest BCUT2D eigenvalue weighted by Gasteiger charge is 2.19. The summed E-state index contributed by atoms with van der Waals surface area (Å²) < 4.78 is 6.12. The molecule has 1 aromatic carbocycles. The standard InChI is InChI=1S/C18H19N5O2S2/c1-25-13-6-4-5-12(9-13)21-14(24)10-26-17-15-16(19-11-20-17)22-18(27-15)23-7-2-3-8-23/h4-6,9,11H,2-3,7-8,10H2,1H3,(H,21,24). The van der Waals surface area contributed by atoms with Gasteiger partial charge in [-0.15, -0.1) is 0 Å². The zero-order valence-electron chi connectivity index (χ0n) is 14.8. The fourth-order valence-electron chi connectivity index (χ4n) is 2.90. The molecule has 2 aromatic heterocycles. The molecular weight excluding hydrogens is 382 g/mol. The molecule has 0 unspecified atom stereocenters. The van der Waals surface area contributed by atoms with Crippen LogP contribution in [0, 0.1) is 0 Å². The summed E-state index contributed by atoms with van der Waals surface area (Å²) in [5, 5.41) is 4.67. The van der Waals surface area contributed by atoms with Crippen molar-refractivity contribution < 1.29 is 9.53 Å². The number of benzene rings is 1. The minimum atomic E-state index is -0.0932. The van der Waals surface area contributed by atoms with Crippen molar-refractivity contribution in [1.29, 1.82) is 0 Å². The van der Waals surface area contributed by atoms with Gasteiger partial charge in [0.15, 0.2) is 10.8 Å². The van der Waals surface area contributed by atoms with Gasteiger partial charge in [0.2, 0.25) is 5.91 Å². The van der Waals surface area contributed by atoms with E-state index in [1.54, 1.807) is 24.5 Å². The molecule has 1 fully saturated rings. The van der Waals surface area contributed by atoms with E-state index in [0.29, 0.717) is 17.1 Å². The second kappa shape index (κ2) is 8.10. The van der Waals surface area contributed by atoms with Gasteiger partial charge in [-0.05, 0) is 25.0 Å². The van der Waals surface area contributed by atoms with Gasteiger partial charge in [-0.2, -0.15) is 4.98 Å². The number of fused-ring (bicyclic) bond motifs is 1. The van der Waals surface area contributed by atoms with Crippen molar-refractivity contribution >= 4 is 50.2 Å². The summed E-state index contributed by atoms with van der Waals surface area (Å²) in [5.41, 5.74) is 1.41. The molecule has 0 aliphatic carbocycles. The van der Waals surface area contributed by atoms with E-state index in [0.717, 1.165) is 27.9 Å². The Balaban J connectivity index is 1.44. The largest absolute Gasteiger partial charge is 0.497 e. The summed E-state index contributed by atoms with van der Waals surface area (Å²) >= 11 is 3.00. The quantitative estimate of drug-likeness (QED) is 0.501. The number of methoxy groups -OCH3 is 1. The zero-order chi connectivity index (χ0) is 18.6. The van der Waals surface area contributed by atoms with Crippen molar-refractivity contribution in [3.63, 3.8) is 0 Å². The topological polar surface area (TPSA) is 80.2 Å². The molecule has 0 spiro atoms.